The van der Waals surface area contributed by atoms with Crippen molar-refractivity contribution in [2.75, 3.05) is 25.0 Å². The number of piperidine rings is 3. The van der Waals surface area contributed by atoms with Crippen molar-refractivity contribution in [3.8, 4) is 0 Å². The van der Waals surface area contributed by atoms with Crippen LogP contribution in [-0.2, 0) is 0 Å². The summed E-state index contributed by atoms with van der Waals surface area (Å²) in [6, 6.07) is 2.56. The lowest BCUT2D eigenvalue weighted by Gasteiger charge is -2.44. The Morgan fingerprint density at radius 3 is 2.35 bits per heavy atom. The molecule has 4 rings (SSSR count). The van der Waals surface area contributed by atoms with Crippen LogP contribution in [0.25, 0.3) is 0 Å². The zero-order valence-electron chi connectivity index (χ0n) is 10.6. The number of hydrogen-bond acceptors (Lipinski definition) is 4. The lowest BCUT2D eigenvalue weighted by molar-refractivity contribution is 0.0972. The lowest BCUT2D eigenvalue weighted by Crippen LogP contribution is -2.53. The van der Waals surface area contributed by atoms with Gasteiger partial charge in [0.25, 0.3) is 0 Å². The molecule has 1 atom stereocenters. The van der Waals surface area contributed by atoms with Gasteiger partial charge in [0, 0.05) is 24.0 Å². The number of hydrogen-bond donors (Lipinski definition) is 1. The minimum absolute atomic E-state index is 0.540. The highest BCUT2D eigenvalue weighted by Gasteiger charge is 2.34. The van der Waals surface area contributed by atoms with Gasteiger partial charge in [0.15, 0.2) is 0 Å². The summed E-state index contributed by atoms with van der Waals surface area (Å²) in [5, 5.41) is 3.53. The Hall–Kier alpha value is -1.16. The van der Waals surface area contributed by atoms with E-state index < -0.39 is 0 Å². The summed E-state index contributed by atoms with van der Waals surface area (Å²) >= 11 is 0. The zero-order chi connectivity index (χ0) is 11.8. The van der Waals surface area contributed by atoms with Crippen molar-refractivity contribution in [3.63, 3.8) is 0 Å². The van der Waals surface area contributed by atoms with Crippen molar-refractivity contribution in [1.29, 1.82) is 0 Å². The van der Waals surface area contributed by atoms with Crippen LogP contribution in [0.5, 0.6) is 0 Å². The minimum Gasteiger partial charge on any atom is -0.350 e. The van der Waals surface area contributed by atoms with E-state index in [2.05, 4.69) is 20.2 Å². The Kier molecular flexibility index (Phi) is 2.74. The maximum absolute atomic E-state index is 4.47. The van der Waals surface area contributed by atoms with Gasteiger partial charge < -0.3 is 10.2 Å². The van der Waals surface area contributed by atoms with E-state index in [1.54, 1.807) is 0 Å². The molecule has 2 bridgehead atoms. The molecule has 4 heteroatoms. The van der Waals surface area contributed by atoms with Crippen LogP contribution in [0.3, 0.4) is 0 Å². The molecular formula is C13H20N4. The molecular weight excluding hydrogens is 212 g/mol. The molecule has 1 aromatic heterocycles. The van der Waals surface area contributed by atoms with E-state index >= 15 is 0 Å². The molecule has 92 valence electrons. The molecule has 1 N–H and O–H groups in total. The molecule has 1 unspecified atom stereocenters. The van der Waals surface area contributed by atoms with Crippen LogP contribution in [0, 0.1) is 19.8 Å². The van der Waals surface area contributed by atoms with E-state index in [0.717, 1.165) is 29.8 Å². The first kappa shape index (κ1) is 11.0. The Morgan fingerprint density at radius 2 is 1.82 bits per heavy atom. The third-order valence-corrected chi connectivity index (χ3v) is 3.95. The van der Waals surface area contributed by atoms with Crippen LogP contribution >= 0.6 is 0 Å². The van der Waals surface area contributed by atoms with Gasteiger partial charge in [0.2, 0.25) is 5.95 Å². The predicted octanol–water partition coefficient (Wildman–Crippen LogP) is 1.60. The van der Waals surface area contributed by atoms with Crippen LogP contribution < -0.4 is 5.32 Å². The van der Waals surface area contributed by atoms with Crippen molar-refractivity contribution in [2.24, 2.45) is 5.92 Å². The molecule has 4 nitrogen and oxygen atoms in total. The lowest BCUT2D eigenvalue weighted by atomic mass is 9.84. The Labute approximate surface area is 102 Å². The average Bonchev–Trinajstić information content (AvgIpc) is 2.29. The van der Waals surface area contributed by atoms with Gasteiger partial charge in [-0.1, -0.05) is 0 Å². The van der Waals surface area contributed by atoms with E-state index in [9.17, 15) is 0 Å². The van der Waals surface area contributed by atoms with Gasteiger partial charge in [0.1, 0.15) is 0 Å². The van der Waals surface area contributed by atoms with E-state index in [-0.39, 0.29) is 0 Å². The van der Waals surface area contributed by atoms with Crippen molar-refractivity contribution in [1.82, 2.24) is 14.9 Å². The number of aryl methyl sites for hydroxylation is 2. The molecule has 0 amide bonds. The van der Waals surface area contributed by atoms with Crippen molar-refractivity contribution in [3.05, 3.63) is 17.5 Å². The molecule has 0 saturated carbocycles. The van der Waals surface area contributed by atoms with Crippen LogP contribution in [-0.4, -0.2) is 40.5 Å². The number of fused-ring (bicyclic) bond motifs is 3. The number of aromatic nitrogens is 2. The molecule has 0 radical (unpaired) electrons. The SMILES string of the molecule is Cc1cc(C)nc(NC2CN3CCC2CC3)n1. The molecule has 3 saturated heterocycles. The van der Waals surface area contributed by atoms with Gasteiger partial charge in [-0.3, -0.25) is 0 Å². The van der Waals surface area contributed by atoms with Gasteiger partial charge in [0.05, 0.1) is 0 Å². The van der Waals surface area contributed by atoms with Gasteiger partial charge in [-0.2, -0.15) is 0 Å². The van der Waals surface area contributed by atoms with Crippen LogP contribution in [0.2, 0.25) is 0 Å². The summed E-state index contributed by atoms with van der Waals surface area (Å²) in [4.78, 5) is 11.5. The van der Waals surface area contributed by atoms with Crippen molar-refractivity contribution in [2.45, 2.75) is 32.7 Å². The smallest absolute Gasteiger partial charge is 0.223 e. The minimum atomic E-state index is 0.540. The number of nitrogens with one attached hydrogen (secondary N) is 1. The third kappa shape index (κ3) is 2.27. The molecule has 3 aliphatic heterocycles. The summed E-state index contributed by atoms with van der Waals surface area (Å²) < 4.78 is 0. The second-order valence-corrected chi connectivity index (χ2v) is 5.36. The fourth-order valence-electron chi connectivity index (χ4n) is 3.08. The fraction of sp³-hybridized carbons (Fsp3) is 0.692. The van der Waals surface area contributed by atoms with Crippen LogP contribution in [0.4, 0.5) is 5.95 Å². The second-order valence-electron chi connectivity index (χ2n) is 5.36. The monoisotopic (exact) mass is 232 g/mol. The van der Waals surface area contributed by atoms with E-state index in [4.69, 9.17) is 0 Å². The van der Waals surface area contributed by atoms with E-state index in [1.807, 2.05) is 19.9 Å². The quantitative estimate of drug-likeness (QED) is 0.841. The summed E-state index contributed by atoms with van der Waals surface area (Å²) in [5.74, 6) is 1.62. The molecule has 3 aliphatic rings. The topological polar surface area (TPSA) is 41.1 Å². The number of anilines is 1. The highest BCUT2D eigenvalue weighted by atomic mass is 15.2. The maximum Gasteiger partial charge on any atom is 0.223 e. The van der Waals surface area contributed by atoms with E-state index in [0.29, 0.717) is 6.04 Å². The van der Waals surface area contributed by atoms with Crippen molar-refractivity contribution < 1.29 is 0 Å². The molecule has 17 heavy (non-hydrogen) atoms. The highest BCUT2D eigenvalue weighted by molar-refractivity contribution is 5.30. The first-order valence-electron chi connectivity index (χ1n) is 6.52. The third-order valence-electron chi connectivity index (χ3n) is 3.95. The van der Waals surface area contributed by atoms with Gasteiger partial charge in [-0.05, 0) is 51.8 Å². The van der Waals surface area contributed by atoms with Gasteiger partial charge in [-0.25, -0.2) is 9.97 Å². The Morgan fingerprint density at radius 1 is 1.18 bits per heavy atom. The number of nitrogens with zero attached hydrogens (tertiary/aromatic N) is 3. The van der Waals surface area contributed by atoms with Gasteiger partial charge >= 0.3 is 0 Å². The molecule has 3 fully saturated rings. The summed E-state index contributed by atoms with van der Waals surface area (Å²) in [5.41, 5.74) is 2.09. The summed E-state index contributed by atoms with van der Waals surface area (Å²) in [6.45, 7) is 7.75. The van der Waals surface area contributed by atoms with Gasteiger partial charge in [-0.15, -0.1) is 0 Å². The molecule has 4 heterocycles. The van der Waals surface area contributed by atoms with Crippen molar-refractivity contribution >= 4 is 5.95 Å². The Balaban J connectivity index is 1.74. The normalized spacial score (nSPS) is 31.5. The maximum atomic E-state index is 4.47. The van der Waals surface area contributed by atoms with Crippen LogP contribution in [0.1, 0.15) is 24.2 Å². The summed E-state index contributed by atoms with van der Waals surface area (Å²) in [6.07, 6.45) is 2.64. The zero-order valence-corrected chi connectivity index (χ0v) is 10.6. The fourth-order valence-corrected chi connectivity index (χ4v) is 3.08. The predicted molar refractivity (Wildman–Crippen MR) is 68.1 cm³/mol. The molecule has 0 spiro atoms. The largest absolute Gasteiger partial charge is 0.350 e. The number of rotatable bonds is 2. The first-order valence-corrected chi connectivity index (χ1v) is 6.52. The Bertz CT molecular complexity index is 390. The van der Waals surface area contributed by atoms with Crippen LogP contribution in [0.15, 0.2) is 6.07 Å². The van der Waals surface area contributed by atoms with E-state index in [1.165, 1.54) is 25.9 Å². The molecule has 0 aromatic carbocycles. The average molecular weight is 232 g/mol. The first-order chi connectivity index (χ1) is 8.20. The highest BCUT2D eigenvalue weighted by Crippen LogP contribution is 2.29. The second kappa shape index (κ2) is 4.26. The molecule has 0 aliphatic carbocycles. The standard InChI is InChI=1S/C13H20N4/c1-9-7-10(2)15-13(14-9)16-12-8-17-5-3-11(12)4-6-17/h7,11-12H,3-6,8H2,1-2H3,(H,14,15,16). The molecule has 1 aromatic rings. The summed E-state index contributed by atoms with van der Waals surface area (Å²) in [7, 11) is 0.